The topological polar surface area (TPSA) is 66.6 Å². The monoisotopic (exact) mass is 273 g/mol. The summed E-state index contributed by atoms with van der Waals surface area (Å²) in [6, 6.07) is 5.78. The first kappa shape index (κ1) is 13.1. The van der Waals surface area contributed by atoms with E-state index in [0.29, 0.717) is 12.2 Å². The summed E-state index contributed by atoms with van der Waals surface area (Å²) in [4.78, 5) is 16.4. The van der Waals surface area contributed by atoms with Gasteiger partial charge in [-0.25, -0.2) is 4.98 Å². The zero-order chi connectivity index (χ0) is 14.1. The lowest BCUT2D eigenvalue weighted by Gasteiger charge is -2.14. The Bertz CT molecular complexity index is 635. The zero-order valence-corrected chi connectivity index (χ0v) is 11.5. The lowest BCUT2D eigenvalue weighted by atomic mass is 10.1. The van der Waals surface area contributed by atoms with Crippen LogP contribution in [0.2, 0.25) is 0 Å². The van der Waals surface area contributed by atoms with Crippen molar-refractivity contribution in [2.75, 3.05) is 6.54 Å². The number of rotatable bonds is 3. The van der Waals surface area contributed by atoms with Crippen molar-refractivity contribution >= 4 is 11.6 Å². The first-order valence-electron chi connectivity index (χ1n) is 7.06. The number of aryl methyl sites for hydroxylation is 1. The highest BCUT2D eigenvalue weighted by molar-refractivity contribution is 5.92. The lowest BCUT2D eigenvalue weighted by molar-refractivity contribution is 0.0912. The van der Waals surface area contributed by atoms with Crippen LogP contribution in [0.3, 0.4) is 0 Å². The van der Waals surface area contributed by atoms with Gasteiger partial charge in [-0.1, -0.05) is 12.5 Å². The number of carbonyl (C=O) groups is 1. The molecule has 2 N–H and O–H groups in total. The molecule has 0 saturated heterocycles. The van der Waals surface area contributed by atoms with E-state index >= 15 is 0 Å². The minimum absolute atomic E-state index is 0.174. The molecule has 1 amide bonds. The third-order valence-electron chi connectivity index (χ3n) is 4.07. The Morgan fingerprint density at radius 1 is 1.50 bits per heavy atom. The van der Waals surface area contributed by atoms with E-state index in [1.807, 2.05) is 29.5 Å². The molecule has 2 unspecified atom stereocenters. The van der Waals surface area contributed by atoms with Crippen LogP contribution in [-0.2, 0) is 0 Å². The van der Waals surface area contributed by atoms with Gasteiger partial charge in [0.1, 0.15) is 11.3 Å². The zero-order valence-electron chi connectivity index (χ0n) is 11.5. The van der Waals surface area contributed by atoms with Crippen LogP contribution in [0, 0.1) is 12.8 Å². The van der Waals surface area contributed by atoms with E-state index in [2.05, 4.69) is 10.3 Å². The number of aliphatic hydroxyl groups excluding tert-OH is 1. The number of carbonyl (C=O) groups excluding carboxylic acids is 1. The van der Waals surface area contributed by atoms with Gasteiger partial charge in [0.2, 0.25) is 0 Å². The van der Waals surface area contributed by atoms with Crippen LogP contribution < -0.4 is 5.32 Å². The summed E-state index contributed by atoms with van der Waals surface area (Å²) < 4.78 is 1.90. The van der Waals surface area contributed by atoms with Gasteiger partial charge in [0.15, 0.2) is 0 Å². The largest absolute Gasteiger partial charge is 0.393 e. The van der Waals surface area contributed by atoms with Crippen molar-refractivity contribution in [3.63, 3.8) is 0 Å². The van der Waals surface area contributed by atoms with Crippen LogP contribution in [0.15, 0.2) is 24.4 Å². The van der Waals surface area contributed by atoms with E-state index in [1.54, 1.807) is 6.20 Å². The Balaban J connectivity index is 1.71. The molecule has 0 spiro atoms. The summed E-state index contributed by atoms with van der Waals surface area (Å²) in [5, 5.41) is 12.6. The molecule has 2 aromatic rings. The maximum Gasteiger partial charge on any atom is 0.271 e. The van der Waals surface area contributed by atoms with E-state index < -0.39 is 0 Å². The predicted octanol–water partition coefficient (Wildman–Crippen LogP) is 1.53. The van der Waals surface area contributed by atoms with Gasteiger partial charge >= 0.3 is 0 Å². The molecule has 0 radical (unpaired) electrons. The van der Waals surface area contributed by atoms with E-state index in [-0.39, 0.29) is 17.9 Å². The average Bonchev–Trinajstić information content (AvgIpc) is 3.03. The van der Waals surface area contributed by atoms with Crippen LogP contribution in [0.5, 0.6) is 0 Å². The molecular weight excluding hydrogens is 254 g/mol. The smallest absolute Gasteiger partial charge is 0.271 e. The predicted molar refractivity (Wildman–Crippen MR) is 75.6 cm³/mol. The summed E-state index contributed by atoms with van der Waals surface area (Å²) in [6.45, 7) is 2.50. The number of nitrogens with one attached hydrogen (secondary N) is 1. The van der Waals surface area contributed by atoms with Crippen molar-refractivity contribution in [1.29, 1.82) is 0 Å². The number of hydrogen-bond acceptors (Lipinski definition) is 3. The number of fused-ring (bicyclic) bond motifs is 1. The summed E-state index contributed by atoms with van der Waals surface area (Å²) in [5.41, 5.74) is 2.24. The standard InChI is InChI=1S/C15H19N3O2/c1-10-4-2-7-14-17-12(9-18(10)14)15(20)16-8-11-5-3-6-13(11)19/h2,4,7,9,11,13,19H,3,5-6,8H2,1H3,(H,16,20). The van der Waals surface area contributed by atoms with E-state index in [9.17, 15) is 9.90 Å². The number of hydrogen-bond donors (Lipinski definition) is 2. The van der Waals surface area contributed by atoms with Gasteiger partial charge < -0.3 is 14.8 Å². The fourth-order valence-corrected chi connectivity index (χ4v) is 2.83. The first-order valence-corrected chi connectivity index (χ1v) is 7.06. The molecule has 3 rings (SSSR count). The SMILES string of the molecule is Cc1cccc2nc(C(=O)NCC3CCCC3O)cn12. The number of nitrogens with zero attached hydrogens (tertiary/aromatic N) is 2. The number of imidazole rings is 1. The normalized spacial score (nSPS) is 22.3. The Morgan fingerprint density at radius 2 is 2.35 bits per heavy atom. The molecule has 2 heterocycles. The maximum absolute atomic E-state index is 12.1. The average molecular weight is 273 g/mol. The molecule has 0 bridgehead atoms. The highest BCUT2D eigenvalue weighted by atomic mass is 16.3. The maximum atomic E-state index is 12.1. The third kappa shape index (κ3) is 2.41. The van der Waals surface area contributed by atoms with Crippen LogP contribution in [-0.4, -0.2) is 33.0 Å². The van der Waals surface area contributed by atoms with Gasteiger partial charge in [-0.2, -0.15) is 0 Å². The minimum atomic E-state index is -0.279. The Kier molecular flexibility index (Phi) is 3.44. The molecule has 1 fully saturated rings. The molecule has 1 aliphatic carbocycles. The molecule has 2 aromatic heterocycles. The van der Waals surface area contributed by atoms with Gasteiger partial charge in [0.05, 0.1) is 6.10 Å². The fourth-order valence-electron chi connectivity index (χ4n) is 2.83. The van der Waals surface area contributed by atoms with Crippen molar-refractivity contribution in [3.05, 3.63) is 35.8 Å². The van der Waals surface area contributed by atoms with Gasteiger partial charge in [-0.05, 0) is 31.9 Å². The quantitative estimate of drug-likeness (QED) is 0.891. The molecular formula is C15H19N3O2. The second kappa shape index (κ2) is 5.25. The van der Waals surface area contributed by atoms with Crippen LogP contribution in [0.1, 0.15) is 35.4 Å². The minimum Gasteiger partial charge on any atom is -0.393 e. The molecule has 0 aliphatic heterocycles. The molecule has 1 saturated carbocycles. The van der Waals surface area contributed by atoms with Crippen molar-refractivity contribution < 1.29 is 9.90 Å². The lowest BCUT2D eigenvalue weighted by Crippen LogP contribution is -2.32. The van der Waals surface area contributed by atoms with Crippen molar-refractivity contribution in [1.82, 2.24) is 14.7 Å². The summed E-state index contributed by atoms with van der Waals surface area (Å²) >= 11 is 0. The summed E-state index contributed by atoms with van der Waals surface area (Å²) in [5.74, 6) is 0.00455. The molecule has 0 aromatic carbocycles. The van der Waals surface area contributed by atoms with Gasteiger partial charge in [-0.3, -0.25) is 4.79 Å². The Morgan fingerprint density at radius 3 is 3.05 bits per heavy atom. The second-order valence-corrected chi connectivity index (χ2v) is 5.49. The van der Waals surface area contributed by atoms with Crippen LogP contribution in [0.25, 0.3) is 5.65 Å². The molecule has 1 aliphatic rings. The van der Waals surface area contributed by atoms with Gasteiger partial charge in [-0.15, -0.1) is 0 Å². The summed E-state index contributed by atoms with van der Waals surface area (Å²) in [7, 11) is 0. The van der Waals surface area contributed by atoms with Gasteiger partial charge in [0, 0.05) is 24.4 Å². The van der Waals surface area contributed by atoms with Crippen molar-refractivity contribution in [2.24, 2.45) is 5.92 Å². The van der Waals surface area contributed by atoms with Crippen LogP contribution in [0.4, 0.5) is 0 Å². The van der Waals surface area contributed by atoms with E-state index in [0.717, 1.165) is 30.6 Å². The fraction of sp³-hybridized carbons (Fsp3) is 0.467. The van der Waals surface area contributed by atoms with E-state index in [1.165, 1.54) is 0 Å². The number of amides is 1. The van der Waals surface area contributed by atoms with E-state index in [4.69, 9.17) is 0 Å². The van der Waals surface area contributed by atoms with Crippen molar-refractivity contribution in [3.8, 4) is 0 Å². The second-order valence-electron chi connectivity index (χ2n) is 5.49. The number of aliphatic hydroxyl groups is 1. The molecule has 5 nitrogen and oxygen atoms in total. The third-order valence-corrected chi connectivity index (χ3v) is 4.07. The first-order chi connectivity index (χ1) is 9.65. The Labute approximate surface area is 117 Å². The highest BCUT2D eigenvalue weighted by Gasteiger charge is 2.25. The summed E-state index contributed by atoms with van der Waals surface area (Å²) in [6.07, 6.45) is 4.33. The number of aromatic nitrogens is 2. The molecule has 20 heavy (non-hydrogen) atoms. The molecule has 106 valence electrons. The van der Waals surface area contributed by atoms with Gasteiger partial charge in [0.25, 0.3) is 5.91 Å². The van der Waals surface area contributed by atoms with Crippen molar-refractivity contribution in [2.45, 2.75) is 32.3 Å². The highest BCUT2D eigenvalue weighted by Crippen LogP contribution is 2.24. The number of pyridine rings is 1. The molecule has 2 atom stereocenters. The molecule has 5 heteroatoms. The van der Waals surface area contributed by atoms with Crippen LogP contribution >= 0.6 is 0 Å². The Hall–Kier alpha value is -1.88.